The number of hydrogen-bond acceptors (Lipinski definition) is 6. The monoisotopic (exact) mass is 335 g/mol. The Morgan fingerprint density at radius 1 is 1.18 bits per heavy atom. The highest BCUT2D eigenvalue weighted by atomic mass is 35.5. The molecule has 3 aromatic rings. The summed E-state index contributed by atoms with van der Waals surface area (Å²) < 4.78 is 7.71. The Morgan fingerprint density at radius 2 is 2.00 bits per heavy atom. The fourth-order valence-corrected chi connectivity index (χ4v) is 3.12. The Bertz CT molecular complexity index is 785. The zero-order chi connectivity index (χ0) is 15.5. The van der Waals surface area contributed by atoms with Crippen molar-refractivity contribution in [3.63, 3.8) is 0 Å². The summed E-state index contributed by atoms with van der Waals surface area (Å²) in [6.45, 7) is 4.82. The van der Waals surface area contributed by atoms with Gasteiger partial charge in [-0.3, -0.25) is 0 Å². The molecule has 0 saturated carbocycles. The normalized spacial score (nSPS) is 11.0. The largest absolute Gasteiger partial charge is 0.420 e. The van der Waals surface area contributed by atoms with Crippen LogP contribution in [0.3, 0.4) is 0 Å². The SMILES string of the molecule is CCn1c(C)nnc1SCc1nnc(-c2ccccc2Cl)o1. The second kappa shape index (κ2) is 6.50. The van der Waals surface area contributed by atoms with Crippen LogP contribution in [-0.4, -0.2) is 25.0 Å². The summed E-state index contributed by atoms with van der Waals surface area (Å²) in [6, 6.07) is 7.39. The molecule has 0 radical (unpaired) electrons. The lowest BCUT2D eigenvalue weighted by Crippen LogP contribution is -1.99. The van der Waals surface area contributed by atoms with Gasteiger partial charge in [0.2, 0.25) is 11.8 Å². The van der Waals surface area contributed by atoms with E-state index in [1.165, 1.54) is 11.8 Å². The van der Waals surface area contributed by atoms with Gasteiger partial charge in [-0.1, -0.05) is 35.5 Å². The molecule has 0 amide bonds. The predicted molar refractivity (Wildman–Crippen MR) is 84.7 cm³/mol. The molecule has 2 aromatic heterocycles. The topological polar surface area (TPSA) is 69.6 Å². The number of hydrogen-bond donors (Lipinski definition) is 0. The Hall–Kier alpha value is -1.86. The third kappa shape index (κ3) is 3.00. The second-order valence-electron chi connectivity index (χ2n) is 4.54. The Morgan fingerprint density at radius 3 is 2.77 bits per heavy atom. The smallest absolute Gasteiger partial charge is 0.249 e. The van der Waals surface area contributed by atoms with Gasteiger partial charge >= 0.3 is 0 Å². The van der Waals surface area contributed by atoms with Crippen molar-refractivity contribution in [1.29, 1.82) is 0 Å². The first-order chi connectivity index (χ1) is 10.7. The van der Waals surface area contributed by atoms with E-state index in [-0.39, 0.29) is 0 Å². The molecule has 3 rings (SSSR count). The van der Waals surface area contributed by atoms with Gasteiger partial charge < -0.3 is 8.98 Å². The number of nitrogens with zero attached hydrogens (tertiary/aromatic N) is 5. The minimum absolute atomic E-state index is 0.425. The van der Waals surface area contributed by atoms with E-state index < -0.39 is 0 Å². The first-order valence-corrected chi connectivity index (χ1v) is 8.15. The van der Waals surface area contributed by atoms with Gasteiger partial charge in [-0.15, -0.1) is 20.4 Å². The third-order valence-corrected chi connectivity index (χ3v) is 4.39. The number of benzene rings is 1. The highest BCUT2D eigenvalue weighted by Crippen LogP contribution is 2.28. The Kier molecular flexibility index (Phi) is 4.44. The van der Waals surface area contributed by atoms with Gasteiger partial charge in [0.05, 0.1) is 16.3 Å². The van der Waals surface area contributed by atoms with Crippen LogP contribution in [-0.2, 0) is 12.3 Å². The summed E-state index contributed by atoms with van der Waals surface area (Å²) in [5, 5.41) is 17.8. The van der Waals surface area contributed by atoms with Gasteiger partial charge in [-0.2, -0.15) is 0 Å². The summed E-state index contributed by atoms with van der Waals surface area (Å²) >= 11 is 7.65. The first-order valence-electron chi connectivity index (χ1n) is 6.79. The molecule has 0 spiro atoms. The predicted octanol–water partition coefficient (Wildman–Crippen LogP) is 3.60. The number of thioether (sulfide) groups is 1. The van der Waals surface area contributed by atoms with Crippen LogP contribution in [0.4, 0.5) is 0 Å². The van der Waals surface area contributed by atoms with Crippen molar-refractivity contribution < 1.29 is 4.42 Å². The molecule has 8 heteroatoms. The number of halogens is 1. The van der Waals surface area contributed by atoms with Crippen molar-refractivity contribution in [2.75, 3.05) is 0 Å². The van der Waals surface area contributed by atoms with Gasteiger partial charge in [0, 0.05) is 6.54 Å². The van der Waals surface area contributed by atoms with Crippen molar-refractivity contribution in [2.45, 2.75) is 31.3 Å². The van der Waals surface area contributed by atoms with Crippen LogP contribution in [0.1, 0.15) is 18.6 Å². The molecule has 22 heavy (non-hydrogen) atoms. The highest BCUT2D eigenvalue weighted by Gasteiger charge is 2.13. The minimum Gasteiger partial charge on any atom is -0.420 e. The van der Waals surface area contributed by atoms with E-state index in [0.717, 1.165) is 23.1 Å². The van der Waals surface area contributed by atoms with Crippen molar-refractivity contribution >= 4 is 23.4 Å². The summed E-state index contributed by atoms with van der Waals surface area (Å²) in [6.07, 6.45) is 0. The van der Waals surface area contributed by atoms with E-state index in [0.29, 0.717) is 22.6 Å². The van der Waals surface area contributed by atoms with E-state index in [2.05, 4.69) is 27.3 Å². The Balaban J connectivity index is 1.74. The quantitative estimate of drug-likeness (QED) is 0.663. The van der Waals surface area contributed by atoms with Crippen molar-refractivity contribution in [2.24, 2.45) is 0 Å². The number of aryl methyl sites for hydroxylation is 1. The van der Waals surface area contributed by atoms with Gasteiger partial charge in [0.1, 0.15) is 5.82 Å². The lowest BCUT2D eigenvalue weighted by molar-refractivity contribution is 0.528. The fraction of sp³-hybridized carbons (Fsp3) is 0.286. The van der Waals surface area contributed by atoms with Crippen molar-refractivity contribution in [3.05, 3.63) is 41.0 Å². The number of rotatable bonds is 5. The van der Waals surface area contributed by atoms with Gasteiger partial charge in [-0.25, -0.2) is 0 Å². The molecule has 0 saturated heterocycles. The molecule has 6 nitrogen and oxygen atoms in total. The van der Waals surface area contributed by atoms with E-state index in [1.54, 1.807) is 6.07 Å². The molecular formula is C14H14ClN5OS. The molecule has 0 unspecified atom stereocenters. The third-order valence-electron chi connectivity index (χ3n) is 3.11. The molecule has 0 aliphatic carbocycles. The fourth-order valence-electron chi connectivity index (χ4n) is 2.01. The molecule has 0 fully saturated rings. The average Bonchev–Trinajstić information content (AvgIpc) is 3.12. The van der Waals surface area contributed by atoms with Crippen LogP contribution in [0.15, 0.2) is 33.8 Å². The van der Waals surface area contributed by atoms with Gasteiger partial charge in [0.15, 0.2) is 5.16 Å². The molecule has 0 N–H and O–H groups in total. The molecule has 1 aromatic carbocycles. The van der Waals surface area contributed by atoms with Crippen LogP contribution < -0.4 is 0 Å². The highest BCUT2D eigenvalue weighted by molar-refractivity contribution is 7.98. The maximum absolute atomic E-state index is 6.13. The van der Waals surface area contributed by atoms with Crippen molar-refractivity contribution in [1.82, 2.24) is 25.0 Å². The zero-order valence-electron chi connectivity index (χ0n) is 12.2. The molecule has 0 bridgehead atoms. The maximum atomic E-state index is 6.13. The molecule has 0 aliphatic rings. The lowest BCUT2D eigenvalue weighted by atomic mass is 10.2. The minimum atomic E-state index is 0.425. The van der Waals surface area contributed by atoms with Crippen LogP contribution >= 0.6 is 23.4 Å². The summed E-state index contributed by atoms with van der Waals surface area (Å²) in [5.41, 5.74) is 0.737. The van der Waals surface area contributed by atoms with E-state index >= 15 is 0 Å². The summed E-state index contributed by atoms with van der Waals surface area (Å²) in [7, 11) is 0. The van der Waals surface area contributed by atoms with E-state index in [4.69, 9.17) is 16.0 Å². The van der Waals surface area contributed by atoms with Crippen LogP contribution in [0, 0.1) is 6.92 Å². The zero-order valence-corrected chi connectivity index (χ0v) is 13.7. The van der Waals surface area contributed by atoms with E-state index in [1.807, 2.05) is 29.7 Å². The Labute approximate surface area is 136 Å². The molecule has 114 valence electrons. The van der Waals surface area contributed by atoms with Crippen molar-refractivity contribution in [3.8, 4) is 11.5 Å². The van der Waals surface area contributed by atoms with Crippen LogP contribution in [0.2, 0.25) is 5.02 Å². The van der Waals surface area contributed by atoms with Crippen LogP contribution in [0.5, 0.6) is 0 Å². The van der Waals surface area contributed by atoms with E-state index in [9.17, 15) is 0 Å². The molecular weight excluding hydrogens is 322 g/mol. The van der Waals surface area contributed by atoms with Gasteiger partial charge in [0.25, 0.3) is 0 Å². The summed E-state index contributed by atoms with van der Waals surface area (Å²) in [4.78, 5) is 0. The molecule has 0 atom stereocenters. The average molecular weight is 336 g/mol. The standard InChI is InChI=1S/C14H14ClN5OS/c1-3-20-9(2)16-19-14(20)22-8-12-17-18-13(21-12)10-6-4-5-7-11(10)15/h4-7H,3,8H2,1-2H3. The first kappa shape index (κ1) is 15.1. The van der Waals surface area contributed by atoms with Crippen LogP contribution in [0.25, 0.3) is 11.5 Å². The second-order valence-corrected chi connectivity index (χ2v) is 5.89. The molecule has 0 aliphatic heterocycles. The maximum Gasteiger partial charge on any atom is 0.249 e. The molecule has 2 heterocycles. The number of aromatic nitrogens is 5. The van der Waals surface area contributed by atoms with Gasteiger partial charge in [-0.05, 0) is 26.0 Å². The summed E-state index contributed by atoms with van der Waals surface area (Å²) in [5.74, 6) is 2.39. The lowest BCUT2D eigenvalue weighted by Gasteiger charge is -2.02.